The van der Waals surface area contributed by atoms with Gasteiger partial charge in [0.15, 0.2) is 16.7 Å². The summed E-state index contributed by atoms with van der Waals surface area (Å²) in [5, 5.41) is 0.218. The SMILES string of the molecule is CCOc1ccccc1S(=O)NC(=O)c1cc2c(F)cc(N3CCC3)cc2o1. The average molecular weight is 402 g/mol. The van der Waals surface area contributed by atoms with E-state index < -0.39 is 22.7 Å². The van der Waals surface area contributed by atoms with Gasteiger partial charge < -0.3 is 14.1 Å². The van der Waals surface area contributed by atoms with Gasteiger partial charge in [-0.05, 0) is 31.5 Å². The summed E-state index contributed by atoms with van der Waals surface area (Å²) in [5.74, 6) is -0.814. The molecule has 0 saturated carbocycles. The number of carbonyl (C=O) groups is 1. The molecule has 0 bridgehead atoms. The predicted octanol–water partition coefficient (Wildman–Crippen LogP) is 3.63. The topological polar surface area (TPSA) is 71.8 Å². The molecule has 1 N–H and O–H groups in total. The standard InChI is InChI=1S/C20H19FN2O4S/c1-2-26-16-6-3-4-7-19(16)28(25)22-20(24)18-12-14-15(21)10-13(11-17(14)27-18)23-8-5-9-23/h3-4,6-7,10-12H,2,5,8-9H2,1H3,(H,22,24). The van der Waals surface area contributed by atoms with E-state index in [1.54, 1.807) is 30.3 Å². The lowest BCUT2D eigenvalue weighted by atomic mass is 10.1. The summed E-state index contributed by atoms with van der Waals surface area (Å²) in [5.41, 5.74) is 1.01. The van der Waals surface area contributed by atoms with Gasteiger partial charge in [-0.15, -0.1) is 0 Å². The van der Waals surface area contributed by atoms with Crippen LogP contribution in [0.5, 0.6) is 5.75 Å². The third-order valence-electron chi connectivity index (χ3n) is 4.55. The molecule has 2 aromatic carbocycles. The lowest BCUT2D eigenvalue weighted by Gasteiger charge is -2.33. The number of hydrogen-bond acceptors (Lipinski definition) is 5. The Morgan fingerprint density at radius 1 is 1.29 bits per heavy atom. The Hall–Kier alpha value is -2.87. The molecule has 1 aliphatic rings. The number of furan rings is 1. The summed E-state index contributed by atoms with van der Waals surface area (Å²) in [7, 11) is -1.84. The van der Waals surface area contributed by atoms with E-state index in [0.29, 0.717) is 17.3 Å². The molecule has 0 aliphatic carbocycles. The third-order valence-corrected chi connectivity index (χ3v) is 5.66. The summed E-state index contributed by atoms with van der Waals surface area (Å²) in [6.07, 6.45) is 1.07. The van der Waals surface area contributed by atoms with Gasteiger partial charge in [-0.3, -0.25) is 9.52 Å². The molecule has 0 radical (unpaired) electrons. The molecular weight excluding hydrogens is 383 g/mol. The predicted molar refractivity (Wildman–Crippen MR) is 104 cm³/mol. The molecule has 1 atom stereocenters. The Kier molecular flexibility index (Phi) is 5.04. The van der Waals surface area contributed by atoms with E-state index in [9.17, 15) is 13.4 Å². The number of para-hydroxylation sites is 1. The van der Waals surface area contributed by atoms with Crippen LogP contribution >= 0.6 is 0 Å². The quantitative estimate of drug-likeness (QED) is 0.682. The first-order valence-electron chi connectivity index (χ1n) is 8.99. The van der Waals surface area contributed by atoms with Crippen LogP contribution in [-0.2, 0) is 11.0 Å². The minimum atomic E-state index is -1.84. The van der Waals surface area contributed by atoms with E-state index in [2.05, 4.69) is 4.72 Å². The molecular formula is C20H19FN2O4S. The smallest absolute Gasteiger partial charge is 0.298 e. The minimum Gasteiger partial charge on any atom is -0.493 e. The number of anilines is 1. The number of rotatable bonds is 6. The van der Waals surface area contributed by atoms with Crippen LogP contribution in [0.4, 0.5) is 10.1 Å². The van der Waals surface area contributed by atoms with Crippen molar-refractivity contribution in [3.63, 3.8) is 0 Å². The Bertz CT molecular complexity index is 1060. The molecule has 1 aliphatic heterocycles. The van der Waals surface area contributed by atoms with Crippen LogP contribution < -0.4 is 14.4 Å². The van der Waals surface area contributed by atoms with Crippen LogP contribution in [-0.4, -0.2) is 29.8 Å². The largest absolute Gasteiger partial charge is 0.493 e. The van der Waals surface area contributed by atoms with E-state index >= 15 is 0 Å². The van der Waals surface area contributed by atoms with Gasteiger partial charge in [-0.1, -0.05) is 12.1 Å². The van der Waals surface area contributed by atoms with Crippen LogP contribution in [0, 0.1) is 5.82 Å². The van der Waals surface area contributed by atoms with E-state index in [0.717, 1.165) is 25.2 Å². The Morgan fingerprint density at radius 2 is 2.07 bits per heavy atom. The van der Waals surface area contributed by atoms with E-state index in [4.69, 9.17) is 9.15 Å². The number of carbonyl (C=O) groups excluding carboxylic acids is 1. The van der Waals surface area contributed by atoms with Crippen LogP contribution in [0.1, 0.15) is 23.9 Å². The summed E-state index contributed by atoms with van der Waals surface area (Å²) >= 11 is 0. The van der Waals surface area contributed by atoms with Crippen molar-refractivity contribution < 1.29 is 22.5 Å². The lowest BCUT2D eigenvalue weighted by molar-refractivity contribution is 0.0958. The molecule has 28 heavy (non-hydrogen) atoms. The fourth-order valence-corrected chi connectivity index (χ4v) is 3.91. The maximum atomic E-state index is 14.4. The maximum absolute atomic E-state index is 14.4. The summed E-state index contributed by atoms with van der Waals surface area (Å²) in [6.45, 7) is 3.97. The summed E-state index contributed by atoms with van der Waals surface area (Å²) in [4.78, 5) is 14.9. The van der Waals surface area contributed by atoms with Crippen molar-refractivity contribution in [3.8, 4) is 5.75 Å². The zero-order chi connectivity index (χ0) is 19.7. The zero-order valence-corrected chi connectivity index (χ0v) is 16.1. The highest BCUT2D eigenvalue weighted by atomic mass is 32.2. The second kappa shape index (κ2) is 7.63. The van der Waals surface area contributed by atoms with Crippen LogP contribution in [0.25, 0.3) is 11.0 Å². The summed E-state index contributed by atoms with van der Waals surface area (Å²) < 4.78 is 40.3. The number of halogens is 1. The highest BCUT2D eigenvalue weighted by Crippen LogP contribution is 2.30. The number of benzene rings is 2. The first-order chi connectivity index (χ1) is 13.6. The highest BCUT2D eigenvalue weighted by Gasteiger charge is 2.21. The van der Waals surface area contributed by atoms with Crippen molar-refractivity contribution >= 4 is 33.5 Å². The van der Waals surface area contributed by atoms with Gasteiger partial charge in [0, 0.05) is 30.9 Å². The van der Waals surface area contributed by atoms with Crippen molar-refractivity contribution in [2.45, 2.75) is 18.2 Å². The number of hydrogen-bond donors (Lipinski definition) is 1. The molecule has 1 saturated heterocycles. The van der Waals surface area contributed by atoms with Crippen LogP contribution in [0.3, 0.4) is 0 Å². The first-order valence-corrected chi connectivity index (χ1v) is 10.1. The molecule has 3 aromatic rings. The lowest BCUT2D eigenvalue weighted by Crippen LogP contribution is -2.36. The molecule has 2 heterocycles. The molecule has 1 aromatic heterocycles. The molecule has 0 spiro atoms. The van der Waals surface area contributed by atoms with Gasteiger partial charge in [0.1, 0.15) is 22.0 Å². The van der Waals surface area contributed by atoms with Crippen molar-refractivity contribution in [3.05, 3.63) is 54.0 Å². The van der Waals surface area contributed by atoms with Gasteiger partial charge in [-0.2, -0.15) is 0 Å². The molecule has 1 unspecified atom stereocenters. The monoisotopic (exact) mass is 402 g/mol. The number of fused-ring (bicyclic) bond motifs is 1. The normalized spacial score (nSPS) is 14.6. The van der Waals surface area contributed by atoms with Gasteiger partial charge in [-0.25, -0.2) is 8.60 Å². The molecule has 146 valence electrons. The molecule has 1 amide bonds. The molecule has 8 heteroatoms. The number of amides is 1. The minimum absolute atomic E-state index is 0.100. The Labute approximate surface area is 163 Å². The Morgan fingerprint density at radius 3 is 2.79 bits per heavy atom. The van der Waals surface area contributed by atoms with E-state index in [1.165, 1.54) is 12.1 Å². The average Bonchev–Trinajstić information content (AvgIpc) is 3.06. The van der Waals surface area contributed by atoms with Crippen molar-refractivity contribution in [1.29, 1.82) is 0 Å². The van der Waals surface area contributed by atoms with Crippen molar-refractivity contribution in [1.82, 2.24) is 4.72 Å². The second-order valence-electron chi connectivity index (χ2n) is 6.37. The van der Waals surface area contributed by atoms with Crippen molar-refractivity contribution in [2.24, 2.45) is 0 Å². The van der Waals surface area contributed by atoms with E-state index in [1.807, 2.05) is 11.8 Å². The first kappa shape index (κ1) is 18.5. The number of ether oxygens (including phenoxy) is 1. The van der Waals surface area contributed by atoms with Gasteiger partial charge >= 0.3 is 0 Å². The molecule has 1 fully saturated rings. The van der Waals surface area contributed by atoms with Gasteiger partial charge in [0.05, 0.1) is 12.0 Å². The zero-order valence-electron chi connectivity index (χ0n) is 15.2. The van der Waals surface area contributed by atoms with E-state index in [-0.39, 0.29) is 16.7 Å². The van der Waals surface area contributed by atoms with Gasteiger partial charge in [0.25, 0.3) is 5.91 Å². The summed E-state index contributed by atoms with van der Waals surface area (Å²) in [6, 6.07) is 11.2. The van der Waals surface area contributed by atoms with Crippen molar-refractivity contribution in [2.75, 3.05) is 24.6 Å². The fourth-order valence-electron chi connectivity index (χ4n) is 3.02. The molecule has 6 nitrogen and oxygen atoms in total. The maximum Gasteiger partial charge on any atom is 0.298 e. The van der Waals surface area contributed by atoms with Gasteiger partial charge in [0.2, 0.25) is 0 Å². The van der Waals surface area contributed by atoms with Crippen LogP contribution in [0.15, 0.2) is 51.8 Å². The highest BCUT2D eigenvalue weighted by molar-refractivity contribution is 7.83. The number of nitrogens with zero attached hydrogens (tertiary/aromatic N) is 1. The Balaban J connectivity index is 1.57. The fraction of sp³-hybridized carbons (Fsp3) is 0.250. The molecule has 4 rings (SSSR count). The third kappa shape index (κ3) is 3.47. The van der Waals surface area contributed by atoms with Crippen LogP contribution in [0.2, 0.25) is 0 Å². The second-order valence-corrected chi connectivity index (χ2v) is 7.55. The number of nitrogens with one attached hydrogen (secondary N) is 1.